The van der Waals surface area contributed by atoms with E-state index in [1.165, 1.54) is 12.1 Å². The van der Waals surface area contributed by atoms with Crippen molar-refractivity contribution in [3.05, 3.63) is 69.4 Å². The Hall–Kier alpha value is -2.99. The first-order valence-corrected chi connectivity index (χ1v) is 11.4. The van der Waals surface area contributed by atoms with Crippen molar-refractivity contribution >= 4 is 33.8 Å². The quantitative estimate of drug-likeness (QED) is 0.433. The van der Waals surface area contributed by atoms with Crippen LogP contribution in [0, 0.1) is 5.82 Å². The predicted octanol–water partition coefficient (Wildman–Crippen LogP) is 3.75. The fourth-order valence-electron chi connectivity index (χ4n) is 4.43. The second-order valence-corrected chi connectivity index (χ2v) is 9.46. The van der Waals surface area contributed by atoms with Crippen LogP contribution >= 0.6 is 15.9 Å². The van der Waals surface area contributed by atoms with E-state index in [1.54, 1.807) is 18.2 Å². The Morgan fingerprint density at radius 1 is 1.26 bits per heavy atom. The van der Waals surface area contributed by atoms with Gasteiger partial charge in [0.1, 0.15) is 23.9 Å². The van der Waals surface area contributed by atoms with Crippen LogP contribution in [0.4, 0.5) is 22.4 Å². The minimum atomic E-state index is -4.78. The minimum Gasteiger partial charge on any atom is -0.388 e. The van der Waals surface area contributed by atoms with E-state index in [9.17, 15) is 37.1 Å². The van der Waals surface area contributed by atoms with Crippen molar-refractivity contribution in [1.82, 2.24) is 15.1 Å². The standard InChI is InChI=1S/C23H20BrF4N3O4/c1-12(23(26,27)28)30(10-13-2-5-15(25)6-3-13)19(33)11-31-20(34)22(29-21(31)35)9-18(32)16-8-14(24)4-7-17(16)22/h2-8,12,18,32H,9-11H2,1H3,(H,29,35)/t12-,18-,22-/m0/s1. The Kier molecular flexibility index (Phi) is 6.39. The lowest BCUT2D eigenvalue weighted by Crippen LogP contribution is -2.51. The smallest absolute Gasteiger partial charge is 0.388 e. The number of carbonyl (C=O) groups excluding carboxylic acids is 3. The first-order valence-electron chi connectivity index (χ1n) is 10.6. The largest absolute Gasteiger partial charge is 0.408 e. The number of halogens is 5. The van der Waals surface area contributed by atoms with Crippen molar-refractivity contribution < 1.29 is 37.1 Å². The minimum absolute atomic E-state index is 0.174. The molecule has 1 aliphatic heterocycles. The van der Waals surface area contributed by atoms with Gasteiger partial charge in [0.05, 0.1) is 6.10 Å². The molecular weight excluding hydrogens is 538 g/mol. The molecule has 3 atom stereocenters. The van der Waals surface area contributed by atoms with Crippen molar-refractivity contribution in [2.45, 2.75) is 43.8 Å². The summed E-state index contributed by atoms with van der Waals surface area (Å²) in [4.78, 5) is 40.1. The van der Waals surface area contributed by atoms with E-state index in [-0.39, 0.29) is 12.0 Å². The number of carbonyl (C=O) groups is 3. The predicted molar refractivity (Wildman–Crippen MR) is 118 cm³/mol. The van der Waals surface area contributed by atoms with Crippen LogP contribution in [0.3, 0.4) is 0 Å². The number of fused-ring (bicyclic) bond motifs is 2. The Balaban J connectivity index is 1.60. The second-order valence-electron chi connectivity index (χ2n) is 8.54. The maximum atomic E-state index is 13.5. The van der Waals surface area contributed by atoms with Gasteiger partial charge in [-0.05, 0) is 47.9 Å². The number of nitrogens with one attached hydrogen (secondary N) is 1. The summed E-state index contributed by atoms with van der Waals surface area (Å²) in [5.74, 6) is -2.54. The van der Waals surface area contributed by atoms with Gasteiger partial charge in [-0.15, -0.1) is 0 Å². The highest BCUT2D eigenvalue weighted by molar-refractivity contribution is 9.10. The van der Waals surface area contributed by atoms with Gasteiger partial charge in [0.15, 0.2) is 0 Å². The Morgan fingerprint density at radius 2 is 1.91 bits per heavy atom. The molecule has 0 aromatic heterocycles. The maximum Gasteiger partial charge on any atom is 0.408 e. The van der Waals surface area contributed by atoms with E-state index in [2.05, 4.69) is 21.2 Å². The summed E-state index contributed by atoms with van der Waals surface area (Å²) >= 11 is 3.28. The van der Waals surface area contributed by atoms with Crippen LogP contribution < -0.4 is 5.32 Å². The zero-order chi connectivity index (χ0) is 25.7. The van der Waals surface area contributed by atoms with Crippen LogP contribution in [0.5, 0.6) is 0 Å². The summed E-state index contributed by atoms with van der Waals surface area (Å²) in [6.07, 6.45) is -6.02. The van der Waals surface area contributed by atoms with Gasteiger partial charge in [-0.3, -0.25) is 14.5 Å². The monoisotopic (exact) mass is 557 g/mol. The number of aliphatic hydroxyl groups excluding tert-OH is 1. The molecule has 0 unspecified atom stereocenters. The average Bonchev–Trinajstić information content (AvgIpc) is 3.19. The average molecular weight is 558 g/mol. The number of amides is 4. The normalized spacial score (nSPS) is 22.4. The molecule has 1 saturated heterocycles. The topological polar surface area (TPSA) is 90.0 Å². The van der Waals surface area contributed by atoms with E-state index in [4.69, 9.17) is 0 Å². The molecule has 1 fully saturated rings. The van der Waals surface area contributed by atoms with Crippen LogP contribution in [0.2, 0.25) is 0 Å². The number of rotatable bonds is 5. The zero-order valence-corrected chi connectivity index (χ0v) is 19.9. The van der Waals surface area contributed by atoms with Crippen LogP contribution in [0.15, 0.2) is 46.9 Å². The van der Waals surface area contributed by atoms with E-state index in [0.29, 0.717) is 25.4 Å². The number of nitrogens with zero attached hydrogens (tertiary/aromatic N) is 2. The molecule has 4 rings (SSSR count). The molecule has 7 nitrogen and oxygen atoms in total. The molecule has 35 heavy (non-hydrogen) atoms. The molecule has 2 N–H and O–H groups in total. The highest BCUT2D eigenvalue weighted by Crippen LogP contribution is 2.47. The van der Waals surface area contributed by atoms with E-state index in [1.807, 2.05) is 0 Å². The number of benzene rings is 2. The van der Waals surface area contributed by atoms with Crippen molar-refractivity contribution in [2.75, 3.05) is 6.54 Å². The van der Waals surface area contributed by atoms with Crippen molar-refractivity contribution in [3.8, 4) is 0 Å². The van der Waals surface area contributed by atoms with Gasteiger partial charge in [-0.2, -0.15) is 13.2 Å². The van der Waals surface area contributed by atoms with E-state index >= 15 is 0 Å². The lowest BCUT2D eigenvalue weighted by atomic mass is 9.92. The molecule has 0 radical (unpaired) electrons. The molecule has 12 heteroatoms. The highest BCUT2D eigenvalue weighted by Gasteiger charge is 2.58. The van der Waals surface area contributed by atoms with Crippen LogP contribution in [-0.2, 0) is 21.7 Å². The van der Waals surface area contributed by atoms with E-state index < -0.39 is 60.6 Å². The Bertz CT molecular complexity index is 1190. The number of alkyl halides is 3. The summed E-state index contributed by atoms with van der Waals surface area (Å²) in [7, 11) is 0. The van der Waals surface area contributed by atoms with Crippen molar-refractivity contribution in [1.29, 1.82) is 0 Å². The molecule has 4 amide bonds. The number of urea groups is 1. The number of aliphatic hydroxyl groups is 1. The van der Waals surface area contributed by atoms with Gasteiger partial charge in [0.2, 0.25) is 5.91 Å². The first-order chi connectivity index (χ1) is 16.3. The molecule has 1 aliphatic carbocycles. The Labute approximate surface area is 205 Å². The highest BCUT2D eigenvalue weighted by atomic mass is 79.9. The summed E-state index contributed by atoms with van der Waals surface area (Å²) in [6.45, 7) is -0.656. The lowest BCUT2D eigenvalue weighted by Gasteiger charge is -2.32. The molecule has 1 spiro atoms. The molecule has 186 valence electrons. The summed E-state index contributed by atoms with van der Waals surface area (Å²) in [5, 5.41) is 13.0. The molecule has 2 aromatic carbocycles. The van der Waals surface area contributed by atoms with Gasteiger partial charge in [0.25, 0.3) is 5.91 Å². The van der Waals surface area contributed by atoms with Crippen molar-refractivity contribution in [3.63, 3.8) is 0 Å². The molecule has 0 saturated carbocycles. The second kappa shape index (κ2) is 8.90. The molecule has 2 aliphatic rings. The summed E-state index contributed by atoms with van der Waals surface area (Å²) in [5.41, 5.74) is -0.606. The number of hydrogen-bond acceptors (Lipinski definition) is 4. The van der Waals surface area contributed by atoms with Crippen LogP contribution in [-0.4, -0.2) is 51.5 Å². The van der Waals surface area contributed by atoms with Crippen molar-refractivity contribution in [2.24, 2.45) is 0 Å². The van der Waals surface area contributed by atoms with Gasteiger partial charge in [0, 0.05) is 17.4 Å². The molecule has 0 bridgehead atoms. The third-order valence-corrected chi connectivity index (χ3v) is 6.82. The third-order valence-electron chi connectivity index (χ3n) is 6.33. The number of imide groups is 1. The zero-order valence-electron chi connectivity index (χ0n) is 18.3. The first kappa shape index (κ1) is 25.1. The SMILES string of the molecule is C[C@H](N(Cc1ccc(F)cc1)C(=O)CN1C(=O)N[C@]2(C[C@H](O)c3cc(Br)ccc32)C1=O)C(F)(F)F. The van der Waals surface area contributed by atoms with Gasteiger partial charge < -0.3 is 15.3 Å². The lowest BCUT2D eigenvalue weighted by molar-refractivity contribution is -0.187. The maximum absolute atomic E-state index is 13.5. The molecular formula is C23H20BrF4N3O4. The van der Waals surface area contributed by atoms with Crippen LogP contribution in [0.1, 0.15) is 36.1 Å². The number of hydrogen-bond donors (Lipinski definition) is 2. The van der Waals surface area contributed by atoms with Gasteiger partial charge >= 0.3 is 12.2 Å². The molecule has 1 heterocycles. The fourth-order valence-corrected chi connectivity index (χ4v) is 4.81. The van der Waals surface area contributed by atoms with Gasteiger partial charge in [-0.1, -0.05) is 34.1 Å². The molecule has 2 aromatic rings. The summed E-state index contributed by atoms with van der Waals surface area (Å²) < 4.78 is 54.5. The van der Waals surface area contributed by atoms with E-state index in [0.717, 1.165) is 19.1 Å². The van der Waals surface area contributed by atoms with Gasteiger partial charge in [-0.25, -0.2) is 9.18 Å². The van der Waals surface area contributed by atoms with Crippen LogP contribution in [0.25, 0.3) is 0 Å². The fraction of sp³-hybridized carbons (Fsp3) is 0.348. The summed E-state index contributed by atoms with van der Waals surface area (Å²) in [6, 6.07) is 6.21. The Morgan fingerprint density at radius 3 is 2.54 bits per heavy atom. The third kappa shape index (κ3) is 4.52.